The summed E-state index contributed by atoms with van der Waals surface area (Å²) < 4.78 is 0. The third-order valence-corrected chi connectivity index (χ3v) is 4.07. The Labute approximate surface area is 122 Å². The van der Waals surface area contributed by atoms with Crippen molar-refractivity contribution in [3.8, 4) is 0 Å². The minimum Gasteiger partial charge on any atom is -0.353 e. The average Bonchev–Trinajstić information content (AvgIpc) is 3.24. The second kappa shape index (κ2) is 5.09. The summed E-state index contributed by atoms with van der Waals surface area (Å²) in [6.07, 6.45) is 2.79. The Morgan fingerprint density at radius 1 is 1.20 bits per heavy atom. The van der Waals surface area contributed by atoms with Crippen molar-refractivity contribution in [3.05, 3.63) is 28.8 Å². The molecule has 0 heterocycles. The van der Waals surface area contributed by atoms with Crippen LogP contribution in [0.15, 0.2) is 18.2 Å². The van der Waals surface area contributed by atoms with E-state index in [2.05, 4.69) is 10.6 Å². The van der Waals surface area contributed by atoms with Crippen molar-refractivity contribution in [1.82, 2.24) is 5.32 Å². The molecule has 106 valence electrons. The molecule has 5 heteroatoms. The molecule has 0 bridgehead atoms. The minimum absolute atomic E-state index is 0.0282. The monoisotopic (exact) mass is 292 g/mol. The van der Waals surface area contributed by atoms with Gasteiger partial charge in [0.2, 0.25) is 11.8 Å². The number of nitrogens with one attached hydrogen (secondary N) is 2. The topological polar surface area (TPSA) is 58.2 Å². The first kappa shape index (κ1) is 13.4. The van der Waals surface area contributed by atoms with Gasteiger partial charge < -0.3 is 10.6 Å². The van der Waals surface area contributed by atoms with E-state index in [1.54, 1.807) is 18.2 Å². The first-order valence-electron chi connectivity index (χ1n) is 6.92. The van der Waals surface area contributed by atoms with Crippen molar-refractivity contribution >= 4 is 29.1 Å². The maximum Gasteiger partial charge on any atom is 0.228 e. The van der Waals surface area contributed by atoms with E-state index >= 15 is 0 Å². The van der Waals surface area contributed by atoms with E-state index in [0.29, 0.717) is 17.5 Å². The highest BCUT2D eigenvalue weighted by molar-refractivity contribution is 6.30. The van der Waals surface area contributed by atoms with Gasteiger partial charge in [-0.3, -0.25) is 9.59 Å². The Kier molecular flexibility index (Phi) is 3.42. The fourth-order valence-corrected chi connectivity index (χ4v) is 2.53. The highest BCUT2D eigenvalue weighted by Crippen LogP contribution is 2.40. The van der Waals surface area contributed by atoms with Gasteiger partial charge in [0, 0.05) is 16.8 Å². The zero-order valence-electron chi connectivity index (χ0n) is 11.3. The number of hydrogen-bond acceptors (Lipinski definition) is 2. The lowest BCUT2D eigenvalue weighted by Gasteiger charge is -2.08. The molecule has 20 heavy (non-hydrogen) atoms. The summed E-state index contributed by atoms with van der Waals surface area (Å²) >= 11 is 5.88. The molecule has 3 rings (SSSR count). The van der Waals surface area contributed by atoms with Crippen molar-refractivity contribution in [3.63, 3.8) is 0 Å². The molecule has 1 aromatic rings. The minimum atomic E-state index is -0.191. The molecule has 0 spiro atoms. The summed E-state index contributed by atoms with van der Waals surface area (Å²) in [6.45, 7) is 1.89. The summed E-state index contributed by atoms with van der Waals surface area (Å²) in [5, 5.41) is 6.47. The van der Waals surface area contributed by atoms with Gasteiger partial charge in [-0.15, -0.1) is 0 Å². The first-order valence-corrected chi connectivity index (χ1v) is 7.30. The van der Waals surface area contributed by atoms with Crippen LogP contribution in [0.5, 0.6) is 0 Å². The summed E-state index contributed by atoms with van der Waals surface area (Å²) in [6, 6.07) is 5.69. The van der Waals surface area contributed by atoms with Crippen molar-refractivity contribution < 1.29 is 9.59 Å². The van der Waals surface area contributed by atoms with Crippen LogP contribution >= 0.6 is 11.6 Å². The van der Waals surface area contributed by atoms with Crippen molar-refractivity contribution in [1.29, 1.82) is 0 Å². The maximum absolute atomic E-state index is 12.1. The Balaban J connectivity index is 1.56. The molecule has 0 aliphatic heterocycles. The molecule has 2 aliphatic rings. The molecule has 0 aromatic heterocycles. The van der Waals surface area contributed by atoms with Crippen molar-refractivity contribution in [2.24, 2.45) is 11.8 Å². The second-order valence-corrected chi connectivity index (χ2v) is 6.12. The molecule has 2 unspecified atom stereocenters. The number of carbonyl (C=O) groups is 2. The van der Waals surface area contributed by atoms with Crippen LogP contribution in [0.2, 0.25) is 5.02 Å². The van der Waals surface area contributed by atoms with Crippen LogP contribution in [0, 0.1) is 18.8 Å². The molecule has 2 aliphatic carbocycles. The van der Waals surface area contributed by atoms with E-state index in [-0.39, 0.29) is 23.7 Å². The SMILES string of the molecule is Cc1cc(Cl)ccc1NC(=O)C1CC1C(=O)NC1CC1. The van der Waals surface area contributed by atoms with E-state index in [1.165, 1.54) is 0 Å². The number of halogens is 1. The quantitative estimate of drug-likeness (QED) is 0.896. The number of benzene rings is 1. The lowest BCUT2D eigenvalue weighted by atomic mass is 10.2. The highest BCUT2D eigenvalue weighted by Gasteiger charge is 2.48. The summed E-state index contributed by atoms with van der Waals surface area (Å²) in [4.78, 5) is 23.9. The van der Waals surface area contributed by atoms with E-state index in [4.69, 9.17) is 11.6 Å². The Morgan fingerprint density at radius 3 is 2.55 bits per heavy atom. The molecule has 2 N–H and O–H groups in total. The van der Waals surface area contributed by atoms with Gasteiger partial charge in [-0.25, -0.2) is 0 Å². The van der Waals surface area contributed by atoms with Gasteiger partial charge in [0.1, 0.15) is 0 Å². The number of rotatable bonds is 4. The first-order chi connectivity index (χ1) is 9.54. The van der Waals surface area contributed by atoms with Crippen LogP contribution in [0.3, 0.4) is 0 Å². The fraction of sp³-hybridized carbons (Fsp3) is 0.467. The Morgan fingerprint density at radius 2 is 1.90 bits per heavy atom. The molecule has 1 aromatic carbocycles. The number of anilines is 1. The number of amides is 2. The zero-order valence-corrected chi connectivity index (χ0v) is 12.0. The van der Waals surface area contributed by atoms with Crippen molar-refractivity contribution in [2.75, 3.05) is 5.32 Å². The van der Waals surface area contributed by atoms with E-state index in [0.717, 1.165) is 24.1 Å². The predicted octanol–water partition coefficient (Wildman–Crippen LogP) is 2.50. The van der Waals surface area contributed by atoms with Gasteiger partial charge in [-0.05, 0) is 49.9 Å². The fourth-order valence-electron chi connectivity index (χ4n) is 2.30. The molecule has 0 radical (unpaired) electrons. The molecule has 0 saturated heterocycles. The number of carbonyl (C=O) groups excluding carboxylic acids is 2. The summed E-state index contributed by atoms with van der Waals surface area (Å²) in [5.74, 6) is -0.390. The molecular formula is C15H17ClN2O2. The molecule has 2 fully saturated rings. The summed E-state index contributed by atoms with van der Waals surface area (Å²) in [7, 11) is 0. The van der Waals surface area contributed by atoms with Gasteiger partial charge in [0.05, 0.1) is 11.8 Å². The molecular weight excluding hydrogens is 276 g/mol. The van der Waals surface area contributed by atoms with Gasteiger partial charge in [0.15, 0.2) is 0 Å². The van der Waals surface area contributed by atoms with Gasteiger partial charge >= 0.3 is 0 Å². The summed E-state index contributed by atoms with van der Waals surface area (Å²) in [5.41, 5.74) is 1.68. The van der Waals surface area contributed by atoms with Crippen LogP contribution in [-0.4, -0.2) is 17.9 Å². The van der Waals surface area contributed by atoms with Crippen LogP contribution in [-0.2, 0) is 9.59 Å². The Bertz CT molecular complexity index is 569. The Hall–Kier alpha value is -1.55. The molecule has 2 amide bonds. The lowest BCUT2D eigenvalue weighted by Crippen LogP contribution is -2.29. The highest BCUT2D eigenvalue weighted by atomic mass is 35.5. The third kappa shape index (κ3) is 2.96. The van der Waals surface area contributed by atoms with E-state index < -0.39 is 0 Å². The largest absolute Gasteiger partial charge is 0.353 e. The van der Waals surface area contributed by atoms with Crippen molar-refractivity contribution in [2.45, 2.75) is 32.2 Å². The average molecular weight is 293 g/mol. The lowest BCUT2D eigenvalue weighted by molar-refractivity contribution is -0.125. The maximum atomic E-state index is 12.1. The number of hydrogen-bond donors (Lipinski definition) is 2. The van der Waals surface area contributed by atoms with Gasteiger partial charge in [-0.1, -0.05) is 11.6 Å². The second-order valence-electron chi connectivity index (χ2n) is 5.68. The molecule has 2 saturated carbocycles. The van der Waals surface area contributed by atoms with Crippen LogP contribution in [0.1, 0.15) is 24.8 Å². The molecule has 2 atom stereocenters. The van der Waals surface area contributed by atoms with Crippen LogP contribution in [0.25, 0.3) is 0 Å². The van der Waals surface area contributed by atoms with Gasteiger partial charge in [-0.2, -0.15) is 0 Å². The normalized spacial score (nSPS) is 24.1. The van der Waals surface area contributed by atoms with E-state index in [1.807, 2.05) is 6.92 Å². The number of aryl methyl sites for hydroxylation is 1. The smallest absolute Gasteiger partial charge is 0.228 e. The zero-order chi connectivity index (χ0) is 14.3. The van der Waals surface area contributed by atoms with Gasteiger partial charge in [0.25, 0.3) is 0 Å². The van der Waals surface area contributed by atoms with Crippen LogP contribution in [0.4, 0.5) is 5.69 Å². The third-order valence-electron chi connectivity index (χ3n) is 3.83. The van der Waals surface area contributed by atoms with E-state index in [9.17, 15) is 9.59 Å². The molecule has 4 nitrogen and oxygen atoms in total. The van der Waals surface area contributed by atoms with Crippen LogP contribution < -0.4 is 10.6 Å². The predicted molar refractivity (Wildman–Crippen MR) is 77.6 cm³/mol. The standard InChI is InChI=1S/C15H17ClN2O2/c1-8-6-9(16)2-5-13(8)18-15(20)12-7-11(12)14(19)17-10-3-4-10/h2,5-6,10-12H,3-4,7H2,1H3,(H,17,19)(H,18,20).